The first-order valence-corrected chi connectivity index (χ1v) is 23.5. The number of nitrogens with two attached hydrogens (primary N) is 1. The number of anilines is 3. The molecule has 0 unspecified atom stereocenters. The zero-order chi connectivity index (χ0) is 42.3. The third-order valence-electron chi connectivity index (χ3n) is 13.0. The molecule has 5 atom stereocenters. The number of ether oxygens (including phenoxy) is 3. The molecule has 0 radical (unpaired) electrons. The van der Waals surface area contributed by atoms with E-state index < -0.39 is 19.8 Å². The molecule has 5 aromatic carbocycles. The van der Waals surface area contributed by atoms with E-state index in [1.807, 2.05) is 72.8 Å². The van der Waals surface area contributed by atoms with Gasteiger partial charge in [0.1, 0.15) is 11.5 Å². The Balaban J connectivity index is 1.16. The van der Waals surface area contributed by atoms with Crippen molar-refractivity contribution in [1.29, 1.82) is 0 Å². The second-order valence-corrected chi connectivity index (χ2v) is 21.4. The Morgan fingerprint density at radius 1 is 0.900 bits per heavy atom. The van der Waals surface area contributed by atoms with Crippen LogP contribution in [-0.2, 0) is 39.4 Å². The van der Waals surface area contributed by atoms with Gasteiger partial charge >= 0.3 is 0 Å². The molecule has 12 heteroatoms. The number of fused-ring (bicyclic) bond motifs is 3. The van der Waals surface area contributed by atoms with Gasteiger partial charge in [-0.15, -0.1) is 0 Å². The van der Waals surface area contributed by atoms with E-state index >= 15 is 4.79 Å². The van der Waals surface area contributed by atoms with Crippen LogP contribution in [0.2, 0.25) is 18.6 Å². The first-order chi connectivity index (χ1) is 28.9. The standard InChI is InChI=1S/C48H52N4O7Si/c1-30-45(60(4,5)40-20-17-38(57-2)18-21-40)43(26-44(54)51-28-34-11-7-6-10-33(34)24-37(51)29-53)59-48(30)41-25-39(58-3)19-22-42(41)52(47(48)56)27-31-9-8-12-36(23-31)50-46(55)32-13-15-35(49)16-14-32/h6-23,25,30,37,43,45,53H,24,26-29,49H2,1-5H3,(H,50,55)/t30-,37+,43+,45-,48+/m1/s1. The van der Waals surface area contributed by atoms with Crippen molar-refractivity contribution in [1.82, 2.24) is 4.90 Å². The minimum atomic E-state index is -2.57. The molecule has 5 aromatic rings. The summed E-state index contributed by atoms with van der Waals surface area (Å²) in [6.07, 6.45) is -0.0144. The van der Waals surface area contributed by atoms with E-state index in [1.54, 1.807) is 48.3 Å². The van der Waals surface area contributed by atoms with Gasteiger partial charge in [-0.1, -0.05) is 73.7 Å². The smallest absolute Gasteiger partial charge is 0.264 e. The van der Waals surface area contributed by atoms with Gasteiger partial charge in [0.05, 0.1) is 59.7 Å². The largest absolute Gasteiger partial charge is 0.497 e. The average molecular weight is 825 g/mol. The van der Waals surface area contributed by atoms with Crippen molar-refractivity contribution in [3.05, 3.63) is 143 Å². The predicted octanol–water partition coefficient (Wildman–Crippen LogP) is 6.64. The van der Waals surface area contributed by atoms with Gasteiger partial charge in [0.2, 0.25) is 5.91 Å². The first kappa shape index (κ1) is 40.8. The molecule has 4 N–H and O–H groups in total. The number of methoxy groups -OCH3 is 2. The molecule has 1 spiro atoms. The van der Waals surface area contributed by atoms with Crippen LogP contribution in [0, 0.1) is 5.92 Å². The number of nitrogen functional groups attached to an aromatic ring is 1. The number of amides is 3. The number of benzene rings is 5. The van der Waals surface area contributed by atoms with E-state index in [9.17, 15) is 14.7 Å². The lowest BCUT2D eigenvalue weighted by atomic mass is 9.82. The van der Waals surface area contributed by atoms with Crippen LogP contribution in [0.25, 0.3) is 0 Å². The van der Waals surface area contributed by atoms with Crippen LogP contribution >= 0.6 is 0 Å². The van der Waals surface area contributed by atoms with Crippen LogP contribution in [0.4, 0.5) is 17.1 Å². The van der Waals surface area contributed by atoms with Gasteiger partial charge in [-0.3, -0.25) is 14.4 Å². The van der Waals surface area contributed by atoms with Crippen LogP contribution in [0.5, 0.6) is 11.5 Å². The number of nitrogens with one attached hydrogen (secondary N) is 1. The third kappa shape index (κ3) is 7.22. The summed E-state index contributed by atoms with van der Waals surface area (Å²) in [7, 11) is 0.672. The van der Waals surface area contributed by atoms with E-state index in [0.29, 0.717) is 46.9 Å². The van der Waals surface area contributed by atoms with Gasteiger partial charge < -0.3 is 40.2 Å². The Kier molecular flexibility index (Phi) is 11.1. The zero-order valence-corrected chi connectivity index (χ0v) is 35.7. The normalized spacial score (nSPS) is 22.1. The van der Waals surface area contributed by atoms with Crippen molar-refractivity contribution in [3.8, 4) is 11.5 Å². The van der Waals surface area contributed by atoms with Gasteiger partial charge in [-0.2, -0.15) is 0 Å². The first-order valence-electron chi connectivity index (χ1n) is 20.4. The fraction of sp³-hybridized carbons (Fsp3) is 0.312. The molecule has 0 aliphatic carbocycles. The Morgan fingerprint density at radius 2 is 1.60 bits per heavy atom. The van der Waals surface area contributed by atoms with Gasteiger partial charge in [0, 0.05) is 35.0 Å². The summed E-state index contributed by atoms with van der Waals surface area (Å²) in [5.41, 5.74) is 10.3. The van der Waals surface area contributed by atoms with Crippen molar-refractivity contribution in [3.63, 3.8) is 0 Å². The summed E-state index contributed by atoms with van der Waals surface area (Å²) in [4.78, 5) is 46.8. The van der Waals surface area contributed by atoms with Crippen LogP contribution in [0.15, 0.2) is 115 Å². The highest BCUT2D eigenvalue weighted by atomic mass is 28.3. The summed E-state index contributed by atoms with van der Waals surface area (Å²) in [6, 6.07) is 35.6. The Hall–Kier alpha value is -5.95. The number of rotatable bonds is 11. The highest BCUT2D eigenvalue weighted by Gasteiger charge is 2.66. The molecule has 3 aliphatic rings. The van der Waals surface area contributed by atoms with E-state index in [0.717, 1.165) is 27.6 Å². The van der Waals surface area contributed by atoms with Crippen LogP contribution in [0.3, 0.4) is 0 Å². The Labute approximate surface area is 352 Å². The maximum atomic E-state index is 15.5. The monoisotopic (exact) mass is 824 g/mol. The molecular formula is C48H52N4O7Si. The van der Waals surface area contributed by atoms with E-state index in [-0.39, 0.29) is 54.8 Å². The highest BCUT2D eigenvalue weighted by molar-refractivity contribution is 6.91. The van der Waals surface area contributed by atoms with Crippen molar-refractivity contribution in [2.24, 2.45) is 5.92 Å². The third-order valence-corrected chi connectivity index (χ3v) is 17.4. The minimum Gasteiger partial charge on any atom is -0.497 e. The molecule has 0 saturated carbocycles. The number of carbonyl (C=O) groups excluding carboxylic acids is 3. The van der Waals surface area contributed by atoms with Gasteiger partial charge in [-0.05, 0) is 95.4 Å². The quantitative estimate of drug-likeness (QED) is 0.0995. The fourth-order valence-electron chi connectivity index (χ4n) is 9.88. The second-order valence-electron chi connectivity index (χ2n) is 16.7. The maximum Gasteiger partial charge on any atom is 0.264 e. The van der Waals surface area contributed by atoms with Crippen LogP contribution < -0.4 is 30.6 Å². The Bertz CT molecular complexity index is 2420. The number of hydrogen-bond acceptors (Lipinski definition) is 8. The second kappa shape index (κ2) is 16.2. The lowest BCUT2D eigenvalue weighted by Gasteiger charge is -2.39. The molecule has 1 saturated heterocycles. The highest BCUT2D eigenvalue weighted by Crippen LogP contribution is 2.60. The topological polar surface area (TPSA) is 144 Å². The molecule has 60 heavy (non-hydrogen) atoms. The molecule has 8 rings (SSSR count). The Morgan fingerprint density at radius 3 is 2.30 bits per heavy atom. The fourth-order valence-corrected chi connectivity index (χ4v) is 13.9. The van der Waals surface area contributed by atoms with Crippen molar-refractivity contribution >= 4 is 48.0 Å². The van der Waals surface area contributed by atoms with Crippen molar-refractivity contribution < 1.29 is 33.7 Å². The molecule has 0 aromatic heterocycles. The lowest BCUT2D eigenvalue weighted by Crippen LogP contribution is -2.52. The van der Waals surface area contributed by atoms with Gasteiger partial charge in [-0.25, -0.2) is 0 Å². The summed E-state index contributed by atoms with van der Waals surface area (Å²) in [6.45, 7) is 7.12. The molecule has 11 nitrogen and oxygen atoms in total. The summed E-state index contributed by atoms with van der Waals surface area (Å²) < 4.78 is 18.6. The molecule has 0 bridgehead atoms. The molecule has 3 heterocycles. The zero-order valence-electron chi connectivity index (χ0n) is 34.7. The molecule has 3 aliphatic heterocycles. The molecule has 310 valence electrons. The van der Waals surface area contributed by atoms with Crippen molar-refractivity contribution in [2.75, 3.05) is 36.8 Å². The lowest BCUT2D eigenvalue weighted by molar-refractivity contribution is -0.151. The minimum absolute atomic E-state index is 0.0460. The summed E-state index contributed by atoms with van der Waals surface area (Å²) in [5, 5.41) is 14.7. The number of nitrogens with zero attached hydrogens (tertiary/aromatic N) is 2. The van der Waals surface area contributed by atoms with Crippen LogP contribution in [-0.4, -0.2) is 68.8 Å². The van der Waals surface area contributed by atoms with E-state index in [4.69, 9.17) is 19.9 Å². The van der Waals surface area contributed by atoms with Crippen LogP contribution in [0.1, 0.15) is 46.0 Å². The number of aliphatic hydroxyl groups excluding tert-OH is 1. The van der Waals surface area contributed by atoms with E-state index in [2.05, 4.69) is 43.5 Å². The molecule has 3 amide bonds. The summed E-state index contributed by atoms with van der Waals surface area (Å²) in [5.74, 6) is 0.375. The SMILES string of the molecule is COc1ccc([Si](C)(C)[C@H]2[C@H](CC(=O)N3Cc4ccccc4C[C@H]3CO)O[C@@]3(C(=O)N(Cc4cccc(NC(=O)c5ccc(N)cc5)c4)c4ccc(OC)cc43)[C@@H]2C)cc1. The number of carbonyl (C=O) groups is 3. The van der Waals surface area contributed by atoms with Gasteiger partial charge in [0.25, 0.3) is 11.8 Å². The summed E-state index contributed by atoms with van der Waals surface area (Å²) >= 11 is 0. The predicted molar refractivity (Wildman–Crippen MR) is 235 cm³/mol. The molecular weight excluding hydrogens is 773 g/mol. The number of hydrogen-bond donors (Lipinski definition) is 3. The number of aliphatic hydroxyl groups is 1. The van der Waals surface area contributed by atoms with Crippen molar-refractivity contribution in [2.45, 2.75) is 69.2 Å². The average Bonchev–Trinajstić information content (AvgIpc) is 3.68. The maximum absolute atomic E-state index is 15.5. The molecule has 1 fully saturated rings. The van der Waals surface area contributed by atoms with Gasteiger partial charge in [0.15, 0.2) is 5.60 Å². The van der Waals surface area contributed by atoms with E-state index in [1.165, 1.54) is 0 Å².